The van der Waals surface area contributed by atoms with Crippen molar-refractivity contribution in [3.63, 3.8) is 0 Å². The fraction of sp³-hybridized carbons (Fsp3) is 0.353. The molecule has 0 unspecified atom stereocenters. The smallest absolute Gasteiger partial charge is 0.257 e. The maximum absolute atomic E-state index is 12.9. The molecule has 0 spiro atoms. The Balaban J connectivity index is 1.47. The monoisotopic (exact) mass is 353 g/mol. The Bertz CT molecular complexity index is 927. The first kappa shape index (κ1) is 16.4. The number of rotatable bonds is 3. The van der Waals surface area contributed by atoms with E-state index in [1.807, 2.05) is 6.92 Å². The number of piperidine rings is 1. The van der Waals surface area contributed by atoms with Crippen LogP contribution >= 0.6 is 0 Å². The topological polar surface area (TPSA) is 109 Å². The van der Waals surface area contributed by atoms with Gasteiger partial charge in [0.2, 0.25) is 5.95 Å². The average molecular weight is 353 g/mol. The molecule has 0 saturated carbocycles. The van der Waals surface area contributed by atoms with Crippen molar-refractivity contribution in [2.45, 2.75) is 25.5 Å². The van der Waals surface area contributed by atoms with E-state index in [0.717, 1.165) is 5.69 Å². The van der Waals surface area contributed by atoms with Crippen molar-refractivity contribution in [2.75, 3.05) is 18.4 Å². The van der Waals surface area contributed by atoms with Gasteiger partial charge in [-0.25, -0.2) is 19.5 Å². The molecule has 9 heteroatoms. The summed E-state index contributed by atoms with van der Waals surface area (Å²) in [5.74, 6) is 0.321. The minimum absolute atomic E-state index is 0.152. The number of fused-ring (bicyclic) bond motifs is 1. The second-order valence-electron chi connectivity index (χ2n) is 6.29. The molecule has 4 heterocycles. The molecule has 2 N–H and O–H groups in total. The van der Waals surface area contributed by atoms with Gasteiger partial charge in [-0.05, 0) is 19.4 Å². The number of nitrogens with one attached hydrogen (secondary N) is 1. The lowest BCUT2D eigenvalue weighted by Gasteiger charge is -2.36. The first-order valence-electron chi connectivity index (χ1n) is 8.44. The molecule has 1 amide bonds. The van der Waals surface area contributed by atoms with Crippen LogP contribution < -0.4 is 5.32 Å². The molecular weight excluding hydrogens is 334 g/mol. The van der Waals surface area contributed by atoms with Gasteiger partial charge in [0.25, 0.3) is 5.91 Å². The SMILES string of the molecule is Cc1c(C(=O)N2CC[C@H](Nc3ncccn3)[C@@H](O)C2)cnc2ccnn12. The van der Waals surface area contributed by atoms with Gasteiger partial charge < -0.3 is 15.3 Å². The Hall–Kier alpha value is -3.07. The van der Waals surface area contributed by atoms with Crippen molar-refractivity contribution in [1.82, 2.24) is 29.5 Å². The van der Waals surface area contributed by atoms with Gasteiger partial charge in [0.1, 0.15) is 0 Å². The minimum Gasteiger partial charge on any atom is -0.389 e. The number of hydrogen-bond acceptors (Lipinski definition) is 7. The van der Waals surface area contributed by atoms with Crippen molar-refractivity contribution < 1.29 is 9.90 Å². The summed E-state index contributed by atoms with van der Waals surface area (Å²) in [5.41, 5.74) is 1.92. The largest absolute Gasteiger partial charge is 0.389 e. The molecular formula is C17H19N7O2. The van der Waals surface area contributed by atoms with Crippen LogP contribution in [0.4, 0.5) is 5.95 Å². The highest BCUT2D eigenvalue weighted by atomic mass is 16.3. The van der Waals surface area contributed by atoms with E-state index >= 15 is 0 Å². The van der Waals surface area contributed by atoms with Crippen LogP contribution in [0, 0.1) is 6.92 Å². The third-order valence-electron chi connectivity index (χ3n) is 4.64. The van der Waals surface area contributed by atoms with Crippen LogP contribution in [-0.2, 0) is 0 Å². The van der Waals surface area contributed by atoms with Gasteiger partial charge in [-0.2, -0.15) is 5.10 Å². The number of aliphatic hydroxyl groups excluding tert-OH is 1. The number of hydrogen-bond donors (Lipinski definition) is 2. The zero-order valence-corrected chi connectivity index (χ0v) is 14.3. The molecule has 26 heavy (non-hydrogen) atoms. The van der Waals surface area contributed by atoms with Crippen molar-refractivity contribution in [3.05, 3.63) is 48.2 Å². The number of likely N-dealkylation sites (tertiary alicyclic amines) is 1. The molecule has 3 aromatic heterocycles. The zero-order valence-electron chi connectivity index (χ0n) is 14.3. The van der Waals surface area contributed by atoms with Gasteiger partial charge in [-0.3, -0.25) is 4.79 Å². The van der Waals surface area contributed by atoms with E-state index < -0.39 is 6.10 Å². The van der Waals surface area contributed by atoms with E-state index in [4.69, 9.17) is 0 Å². The number of aromatic nitrogens is 5. The normalized spacial score (nSPS) is 20.3. The maximum Gasteiger partial charge on any atom is 0.257 e. The van der Waals surface area contributed by atoms with Crippen LogP contribution in [0.3, 0.4) is 0 Å². The number of amides is 1. The Kier molecular flexibility index (Phi) is 4.21. The highest BCUT2D eigenvalue weighted by Crippen LogP contribution is 2.18. The van der Waals surface area contributed by atoms with Crippen LogP contribution in [0.2, 0.25) is 0 Å². The van der Waals surface area contributed by atoms with Crippen molar-refractivity contribution in [3.8, 4) is 0 Å². The van der Waals surface area contributed by atoms with Gasteiger partial charge in [-0.15, -0.1) is 0 Å². The van der Waals surface area contributed by atoms with Gasteiger partial charge in [0.15, 0.2) is 5.65 Å². The van der Waals surface area contributed by atoms with Gasteiger partial charge in [-0.1, -0.05) is 0 Å². The quantitative estimate of drug-likeness (QED) is 0.706. The summed E-state index contributed by atoms with van der Waals surface area (Å²) in [4.78, 5) is 27.0. The van der Waals surface area contributed by atoms with Gasteiger partial charge in [0, 0.05) is 37.7 Å². The molecule has 4 rings (SSSR count). The minimum atomic E-state index is -0.710. The van der Waals surface area contributed by atoms with Crippen molar-refractivity contribution in [2.24, 2.45) is 0 Å². The number of aliphatic hydroxyl groups is 1. The molecule has 0 radical (unpaired) electrons. The van der Waals surface area contributed by atoms with E-state index in [-0.39, 0.29) is 18.5 Å². The van der Waals surface area contributed by atoms with E-state index in [1.54, 1.807) is 46.3 Å². The van der Waals surface area contributed by atoms with Gasteiger partial charge in [0.05, 0.1) is 29.6 Å². The summed E-state index contributed by atoms with van der Waals surface area (Å²) >= 11 is 0. The summed E-state index contributed by atoms with van der Waals surface area (Å²) in [6.45, 7) is 2.60. The molecule has 1 aliphatic rings. The molecule has 1 saturated heterocycles. The van der Waals surface area contributed by atoms with E-state index in [1.165, 1.54) is 0 Å². The first-order valence-corrected chi connectivity index (χ1v) is 8.44. The summed E-state index contributed by atoms with van der Waals surface area (Å²) in [6.07, 6.45) is 6.39. The number of β-amino-alcohol motifs (C(OH)–C–C–N with tert-alkyl or cyclic N) is 1. The number of nitrogens with zero attached hydrogens (tertiary/aromatic N) is 6. The Morgan fingerprint density at radius 3 is 2.85 bits per heavy atom. The Morgan fingerprint density at radius 2 is 2.08 bits per heavy atom. The molecule has 0 aromatic carbocycles. The molecule has 2 atom stereocenters. The summed E-state index contributed by atoms with van der Waals surface area (Å²) < 4.78 is 1.64. The summed E-state index contributed by atoms with van der Waals surface area (Å²) in [7, 11) is 0. The van der Waals surface area contributed by atoms with Crippen molar-refractivity contribution >= 4 is 17.5 Å². The summed E-state index contributed by atoms with van der Waals surface area (Å²) in [6, 6.07) is 3.32. The predicted octanol–water partition coefficient (Wildman–Crippen LogP) is 0.515. The molecule has 134 valence electrons. The number of carbonyl (C=O) groups excluding carboxylic acids is 1. The molecule has 1 aliphatic heterocycles. The lowest BCUT2D eigenvalue weighted by atomic mass is 10.0. The van der Waals surface area contributed by atoms with Crippen LogP contribution in [0.5, 0.6) is 0 Å². The number of aryl methyl sites for hydroxylation is 1. The molecule has 0 aliphatic carbocycles. The summed E-state index contributed by atoms with van der Waals surface area (Å²) in [5, 5.41) is 17.8. The van der Waals surface area contributed by atoms with Crippen LogP contribution in [0.25, 0.3) is 5.65 Å². The highest BCUT2D eigenvalue weighted by molar-refractivity contribution is 5.95. The van der Waals surface area contributed by atoms with Crippen LogP contribution in [-0.4, -0.2) is 65.7 Å². The maximum atomic E-state index is 12.9. The number of anilines is 1. The van der Waals surface area contributed by atoms with E-state index in [2.05, 4.69) is 25.4 Å². The lowest BCUT2D eigenvalue weighted by molar-refractivity contribution is 0.0424. The molecule has 0 bridgehead atoms. The molecule has 1 fully saturated rings. The van der Waals surface area contributed by atoms with Gasteiger partial charge >= 0.3 is 0 Å². The molecule has 3 aromatic rings. The standard InChI is InChI=1S/C17H19N7O2/c1-11-12(9-20-15-3-7-21-24(11)15)16(26)23-8-4-13(14(25)10-23)22-17-18-5-2-6-19-17/h2-3,5-7,9,13-14,25H,4,8,10H2,1H3,(H,18,19,22)/t13-,14-/m0/s1. The number of carbonyl (C=O) groups is 1. The van der Waals surface area contributed by atoms with E-state index in [0.29, 0.717) is 30.1 Å². The third kappa shape index (κ3) is 2.97. The Labute approximate surface area is 149 Å². The van der Waals surface area contributed by atoms with E-state index in [9.17, 15) is 9.90 Å². The predicted molar refractivity (Wildman–Crippen MR) is 93.7 cm³/mol. The average Bonchev–Trinajstić information content (AvgIpc) is 3.14. The van der Waals surface area contributed by atoms with Crippen LogP contribution in [0.15, 0.2) is 36.9 Å². The van der Waals surface area contributed by atoms with Crippen molar-refractivity contribution in [1.29, 1.82) is 0 Å². The fourth-order valence-electron chi connectivity index (χ4n) is 3.19. The molecule has 9 nitrogen and oxygen atoms in total. The fourth-order valence-corrected chi connectivity index (χ4v) is 3.19. The van der Waals surface area contributed by atoms with Crippen LogP contribution in [0.1, 0.15) is 22.5 Å². The zero-order chi connectivity index (χ0) is 18.1. The second kappa shape index (κ2) is 6.68. The highest BCUT2D eigenvalue weighted by Gasteiger charge is 2.31. The first-order chi connectivity index (χ1) is 12.6. The Morgan fingerprint density at radius 1 is 1.27 bits per heavy atom. The third-order valence-corrected chi connectivity index (χ3v) is 4.64. The second-order valence-corrected chi connectivity index (χ2v) is 6.29. The lowest BCUT2D eigenvalue weighted by Crippen LogP contribution is -2.52.